The SMILES string of the molecule is CC(F)(c1cccc(-c2cc3ccccc3s2)c1)c1cccc(-c2cc3ccccc3s2)n1. The van der Waals surface area contributed by atoms with E-state index in [1.165, 1.54) is 20.2 Å². The van der Waals surface area contributed by atoms with Gasteiger partial charge in [-0.15, -0.1) is 22.7 Å². The van der Waals surface area contributed by atoms with E-state index in [1.807, 2.05) is 60.7 Å². The van der Waals surface area contributed by atoms with Crippen molar-refractivity contribution in [3.05, 3.63) is 114 Å². The minimum Gasteiger partial charge on any atom is -0.248 e. The van der Waals surface area contributed by atoms with E-state index in [0.29, 0.717) is 11.3 Å². The third-order valence-corrected chi connectivity index (χ3v) is 8.33. The Bertz CT molecular complexity index is 1420. The van der Waals surface area contributed by atoms with E-state index in [9.17, 15) is 0 Å². The molecule has 0 aliphatic carbocycles. The van der Waals surface area contributed by atoms with Gasteiger partial charge in [-0.05, 0) is 71.3 Å². The Morgan fingerprint density at radius 1 is 0.667 bits per heavy atom. The van der Waals surface area contributed by atoms with E-state index in [2.05, 4.69) is 36.4 Å². The number of halogens is 1. The fourth-order valence-electron chi connectivity index (χ4n) is 4.18. The monoisotopic (exact) mass is 465 g/mol. The van der Waals surface area contributed by atoms with Crippen LogP contribution in [0.25, 0.3) is 41.2 Å². The van der Waals surface area contributed by atoms with Crippen molar-refractivity contribution in [1.29, 1.82) is 0 Å². The average molecular weight is 466 g/mol. The molecule has 0 radical (unpaired) electrons. The number of rotatable bonds is 4. The van der Waals surface area contributed by atoms with E-state index >= 15 is 4.39 Å². The van der Waals surface area contributed by atoms with Crippen LogP contribution in [0.4, 0.5) is 4.39 Å². The molecule has 3 aromatic carbocycles. The Hall–Kier alpha value is -3.34. The number of benzene rings is 3. The maximum atomic E-state index is 16.3. The second kappa shape index (κ2) is 7.91. The predicted molar refractivity (Wildman–Crippen MR) is 140 cm³/mol. The van der Waals surface area contributed by atoms with Crippen LogP contribution in [0, 0.1) is 0 Å². The molecule has 0 aliphatic rings. The zero-order valence-corrected chi connectivity index (χ0v) is 19.6. The van der Waals surface area contributed by atoms with Gasteiger partial charge >= 0.3 is 0 Å². The predicted octanol–water partition coefficient (Wildman–Crippen LogP) is 9.08. The van der Waals surface area contributed by atoms with Crippen LogP contribution in [0.1, 0.15) is 18.2 Å². The molecule has 0 spiro atoms. The standard InChI is InChI=1S/C29H20FNS2/c1-29(30,22-11-6-10-19(16-22)26-17-20-8-2-4-13-24(20)32-26)28-15-7-12-23(31-28)27-18-21-9-3-5-14-25(21)33-27/h2-18H,1H3. The Morgan fingerprint density at radius 2 is 1.30 bits per heavy atom. The summed E-state index contributed by atoms with van der Waals surface area (Å²) < 4.78 is 18.7. The van der Waals surface area contributed by atoms with Crippen molar-refractivity contribution in [2.24, 2.45) is 0 Å². The lowest BCUT2D eigenvalue weighted by Crippen LogP contribution is -2.19. The minimum atomic E-state index is -1.71. The summed E-state index contributed by atoms with van der Waals surface area (Å²) in [5.41, 5.74) is 1.15. The van der Waals surface area contributed by atoms with Gasteiger partial charge in [-0.3, -0.25) is 0 Å². The Labute approximate surface area is 199 Å². The second-order valence-corrected chi connectivity index (χ2v) is 10.5. The molecule has 0 amide bonds. The smallest absolute Gasteiger partial charge is 0.174 e. The third kappa shape index (κ3) is 3.65. The van der Waals surface area contributed by atoms with Crippen LogP contribution in [0.5, 0.6) is 0 Å². The van der Waals surface area contributed by atoms with Crippen LogP contribution in [0.3, 0.4) is 0 Å². The number of alkyl halides is 1. The summed E-state index contributed by atoms with van der Waals surface area (Å²) in [5.74, 6) is 0. The van der Waals surface area contributed by atoms with Crippen LogP contribution < -0.4 is 0 Å². The van der Waals surface area contributed by atoms with Crippen molar-refractivity contribution in [1.82, 2.24) is 4.98 Å². The van der Waals surface area contributed by atoms with Crippen LogP contribution in [0.2, 0.25) is 0 Å². The number of fused-ring (bicyclic) bond motifs is 2. The number of aromatic nitrogens is 1. The van der Waals surface area contributed by atoms with E-state index in [4.69, 9.17) is 4.98 Å². The molecule has 3 heterocycles. The lowest BCUT2D eigenvalue weighted by molar-refractivity contribution is 0.244. The van der Waals surface area contributed by atoms with Gasteiger partial charge in [0.15, 0.2) is 5.67 Å². The summed E-state index contributed by atoms with van der Waals surface area (Å²) in [4.78, 5) is 6.95. The second-order valence-electron chi connectivity index (χ2n) is 8.29. The molecule has 33 heavy (non-hydrogen) atoms. The van der Waals surface area contributed by atoms with Gasteiger partial charge in [-0.25, -0.2) is 9.37 Å². The first-order chi connectivity index (χ1) is 16.1. The van der Waals surface area contributed by atoms with Gasteiger partial charge in [-0.2, -0.15) is 0 Å². The van der Waals surface area contributed by atoms with E-state index in [0.717, 1.165) is 21.0 Å². The molecule has 0 fully saturated rings. The van der Waals surface area contributed by atoms with E-state index in [1.54, 1.807) is 35.7 Å². The first-order valence-electron chi connectivity index (χ1n) is 10.8. The third-order valence-electron chi connectivity index (χ3n) is 6.02. The summed E-state index contributed by atoms with van der Waals surface area (Å²) in [6, 6.07) is 34.3. The van der Waals surface area contributed by atoms with Crippen LogP contribution in [0.15, 0.2) is 103 Å². The summed E-state index contributed by atoms with van der Waals surface area (Å²) >= 11 is 3.41. The summed E-state index contributed by atoms with van der Waals surface area (Å²) in [7, 11) is 0. The number of thiophene rings is 2. The van der Waals surface area contributed by atoms with Gasteiger partial charge in [0.1, 0.15) is 0 Å². The van der Waals surface area contributed by atoms with Gasteiger partial charge < -0.3 is 0 Å². The maximum Gasteiger partial charge on any atom is 0.174 e. The minimum absolute atomic E-state index is 0.422. The molecule has 6 rings (SSSR count). The molecule has 6 aromatic rings. The van der Waals surface area contributed by atoms with E-state index in [-0.39, 0.29) is 0 Å². The van der Waals surface area contributed by atoms with Gasteiger partial charge in [0.05, 0.1) is 16.3 Å². The maximum absolute atomic E-state index is 16.3. The molecule has 1 unspecified atom stereocenters. The molecule has 4 heteroatoms. The topological polar surface area (TPSA) is 12.9 Å². The highest BCUT2D eigenvalue weighted by Crippen LogP contribution is 2.39. The highest BCUT2D eigenvalue weighted by atomic mass is 32.1. The molecule has 0 bridgehead atoms. The lowest BCUT2D eigenvalue weighted by Gasteiger charge is -2.21. The molecule has 0 N–H and O–H groups in total. The molecule has 3 aromatic heterocycles. The Morgan fingerprint density at radius 3 is 2.03 bits per heavy atom. The van der Waals surface area contributed by atoms with Gasteiger partial charge in [0, 0.05) is 14.3 Å². The molecular weight excluding hydrogens is 445 g/mol. The normalized spacial score (nSPS) is 13.4. The largest absolute Gasteiger partial charge is 0.248 e. The molecule has 0 aliphatic heterocycles. The summed E-state index contributed by atoms with van der Waals surface area (Å²) in [6.07, 6.45) is 0. The quantitative estimate of drug-likeness (QED) is 0.253. The fourth-order valence-corrected chi connectivity index (χ4v) is 6.27. The van der Waals surface area contributed by atoms with Crippen LogP contribution in [-0.4, -0.2) is 4.98 Å². The van der Waals surface area contributed by atoms with Crippen molar-refractivity contribution < 1.29 is 4.39 Å². The zero-order chi connectivity index (χ0) is 22.4. The van der Waals surface area contributed by atoms with Crippen LogP contribution >= 0.6 is 22.7 Å². The summed E-state index contributed by atoms with van der Waals surface area (Å²) in [6.45, 7) is 1.61. The van der Waals surface area contributed by atoms with E-state index < -0.39 is 5.67 Å². The zero-order valence-electron chi connectivity index (χ0n) is 18.0. The van der Waals surface area contributed by atoms with Gasteiger partial charge in [-0.1, -0.05) is 60.7 Å². The number of hydrogen-bond donors (Lipinski definition) is 0. The van der Waals surface area contributed by atoms with Crippen molar-refractivity contribution in [3.63, 3.8) is 0 Å². The highest BCUT2D eigenvalue weighted by Gasteiger charge is 2.31. The summed E-state index contributed by atoms with van der Waals surface area (Å²) in [5, 5.41) is 2.40. The first kappa shape index (κ1) is 20.3. The number of hydrogen-bond acceptors (Lipinski definition) is 3. The van der Waals surface area contributed by atoms with Crippen molar-refractivity contribution in [2.45, 2.75) is 12.6 Å². The van der Waals surface area contributed by atoms with Crippen molar-refractivity contribution >= 4 is 42.8 Å². The lowest BCUT2D eigenvalue weighted by atomic mass is 9.92. The molecule has 1 atom stereocenters. The molecule has 0 saturated carbocycles. The Balaban J connectivity index is 1.39. The van der Waals surface area contributed by atoms with Crippen molar-refractivity contribution in [3.8, 4) is 21.0 Å². The molecule has 160 valence electrons. The number of nitrogens with zero attached hydrogens (tertiary/aromatic N) is 1. The van der Waals surface area contributed by atoms with Gasteiger partial charge in [0.25, 0.3) is 0 Å². The highest BCUT2D eigenvalue weighted by molar-refractivity contribution is 7.22. The number of pyridine rings is 1. The molecule has 1 nitrogen and oxygen atoms in total. The molecule has 0 saturated heterocycles. The average Bonchev–Trinajstić information content (AvgIpc) is 3.49. The fraction of sp³-hybridized carbons (Fsp3) is 0.0690. The Kier molecular flexibility index (Phi) is 4.86. The van der Waals surface area contributed by atoms with Crippen molar-refractivity contribution in [2.75, 3.05) is 0 Å². The van der Waals surface area contributed by atoms with Gasteiger partial charge in [0.2, 0.25) is 0 Å². The van der Waals surface area contributed by atoms with Crippen LogP contribution in [-0.2, 0) is 5.67 Å². The molecular formula is C29H20FNS2. The first-order valence-corrected chi connectivity index (χ1v) is 12.5.